The van der Waals surface area contributed by atoms with Crippen LogP contribution in [0, 0.1) is 0 Å². The van der Waals surface area contributed by atoms with Gasteiger partial charge in [-0.2, -0.15) is 13.5 Å². The first-order valence-electron chi connectivity index (χ1n) is 6.10. The lowest BCUT2D eigenvalue weighted by molar-refractivity contribution is 0.584. The molecule has 1 N–H and O–H groups in total. The van der Waals surface area contributed by atoms with Crippen LogP contribution in [0.4, 0.5) is 0 Å². The Morgan fingerprint density at radius 3 is 2.19 bits per heavy atom. The number of hydrogen-bond donors (Lipinski definition) is 1. The Morgan fingerprint density at radius 1 is 1.00 bits per heavy atom. The summed E-state index contributed by atoms with van der Waals surface area (Å²) in [4.78, 5) is 2.25. The van der Waals surface area contributed by atoms with Crippen LogP contribution >= 0.6 is 11.6 Å². The smallest absolute Gasteiger partial charge is 0.200 e. The highest BCUT2D eigenvalue weighted by Crippen LogP contribution is 2.09. The van der Waals surface area contributed by atoms with Gasteiger partial charge in [0.15, 0.2) is 0 Å². The molecule has 0 aromatic heterocycles. The van der Waals surface area contributed by atoms with E-state index in [2.05, 4.69) is 9.93 Å². The molecule has 2 aromatic carbocycles. The minimum Gasteiger partial charge on any atom is -0.200 e. The molecule has 0 radical (unpaired) electrons. The lowest BCUT2D eigenvalue weighted by atomic mass is 10.2. The molecule has 108 valence electrons. The van der Waals surface area contributed by atoms with Crippen LogP contribution in [0.15, 0.2) is 75.7 Å². The molecular formula is C15H13ClN2O2S. The van der Waals surface area contributed by atoms with Crippen molar-refractivity contribution in [2.24, 2.45) is 5.10 Å². The summed E-state index contributed by atoms with van der Waals surface area (Å²) in [5.74, 6) is 0. The third-order valence-electron chi connectivity index (χ3n) is 2.52. The fourth-order valence-corrected chi connectivity index (χ4v) is 2.54. The molecule has 0 aliphatic heterocycles. The minimum absolute atomic E-state index is 0.144. The highest BCUT2D eigenvalue weighted by molar-refractivity contribution is 7.89. The normalized spacial score (nSPS) is 12.5. The highest BCUT2D eigenvalue weighted by atomic mass is 35.5. The van der Waals surface area contributed by atoms with E-state index in [4.69, 9.17) is 11.6 Å². The van der Waals surface area contributed by atoms with E-state index in [9.17, 15) is 8.42 Å². The van der Waals surface area contributed by atoms with Gasteiger partial charge >= 0.3 is 0 Å². The number of halogens is 1. The maximum absolute atomic E-state index is 11.9. The van der Waals surface area contributed by atoms with Gasteiger partial charge in [0.2, 0.25) is 0 Å². The maximum atomic E-state index is 11.9. The summed E-state index contributed by atoms with van der Waals surface area (Å²) in [6, 6.07) is 17.4. The van der Waals surface area contributed by atoms with E-state index in [1.807, 2.05) is 30.3 Å². The van der Waals surface area contributed by atoms with Gasteiger partial charge in [0, 0.05) is 0 Å². The molecule has 0 heterocycles. The molecule has 0 atom stereocenters. The molecule has 2 aromatic rings. The number of benzene rings is 2. The number of nitrogens with one attached hydrogen (secondary N) is 1. The fraction of sp³-hybridized carbons (Fsp3) is 0. The van der Waals surface area contributed by atoms with Gasteiger partial charge in [0.1, 0.15) is 0 Å². The number of hydrazone groups is 1. The van der Waals surface area contributed by atoms with E-state index in [1.54, 1.807) is 24.3 Å². The molecule has 0 bridgehead atoms. The van der Waals surface area contributed by atoms with Gasteiger partial charge in [-0.15, -0.1) is 0 Å². The molecule has 0 spiro atoms. The highest BCUT2D eigenvalue weighted by Gasteiger charge is 2.10. The van der Waals surface area contributed by atoms with Gasteiger partial charge in [-0.25, -0.2) is 4.83 Å². The van der Waals surface area contributed by atoms with Gasteiger partial charge in [0.25, 0.3) is 10.0 Å². The molecule has 0 aliphatic rings. The fourth-order valence-electron chi connectivity index (χ4n) is 1.56. The minimum atomic E-state index is -3.66. The predicted molar refractivity (Wildman–Crippen MR) is 85.5 cm³/mol. The lowest BCUT2D eigenvalue weighted by Gasteiger charge is -2.02. The molecule has 0 saturated carbocycles. The van der Waals surface area contributed by atoms with Crippen LogP contribution in [0.3, 0.4) is 0 Å². The first kappa shape index (κ1) is 15.3. The van der Waals surface area contributed by atoms with Crippen LogP contribution in [-0.4, -0.2) is 14.6 Å². The third kappa shape index (κ3) is 4.73. The van der Waals surface area contributed by atoms with Gasteiger partial charge in [-0.3, -0.25) is 0 Å². The Balaban J connectivity index is 2.04. The first-order valence-corrected chi connectivity index (χ1v) is 7.96. The van der Waals surface area contributed by atoms with Gasteiger partial charge in [-0.05, 0) is 23.8 Å². The number of sulfonamides is 1. The summed E-state index contributed by atoms with van der Waals surface area (Å²) in [5, 5.41) is 3.97. The van der Waals surface area contributed by atoms with Crippen molar-refractivity contribution in [2.75, 3.05) is 0 Å². The van der Waals surface area contributed by atoms with Crippen molar-refractivity contribution >= 4 is 33.9 Å². The van der Waals surface area contributed by atoms with E-state index in [0.717, 1.165) is 5.56 Å². The van der Waals surface area contributed by atoms with E-state index >= 15 is 0 Å². The molecule has 0 unspecified atom stereocenters. The van der Waals surface area contributed by atoms with Crippen LogP contribution in [0.1, 0.15) is 5.56 Å². The quantitative estimate of drug-likeness (QED) is 0.679. The molecule has 21 heavy (non-hydrogen) atoms. The standard InChI is InChI=1S/C15H13ClN2O2S/c16-14(11-13-7-3-1-4-8-13)12-17-18-21(19,20)15-9-5-2-6-10-15/h1-12,18H/b14-11+,17-12-. The average Bonchev–Trinajstić information content (AvgIpc) is 2.49. The lowest BCUT2D eigenvalue weighted by Crippen LogP contribution is -2.18. The Labute approximate surface area is 128 Å². The van der Waals surface area contributed by atoms with Crippen molar-refractivity contribution in [1.82, 2.24) is 4.83 Å². The molecular weight excluding hydrogens is 308 g/mol. The second kappa shape index (κ2) is 7.06. The van der Waals surface area contributed by atoms with Crippen LogP contribution in [0.2, 0.25) is 0 Å². The van der Waals surface area contributed by atoms with Gasteiger partial charge < -0.3 is 0 Å². The van der Waals surface area contributed by atoms with E-state index in [0.29, 0.717) is 5.03 Å². The molecule has 0 fully saturated rings. The summed E-state index contributed by atoms with van der Waals surface area (Å²) in [6.07, 6.45) is 2.93. The van der Waals surface area contributed by atoms with E-state index in [-0.39, 0.29) is 4.90 Å². The number of nitrogens with zero attached hydrogens (tertiary/aromatic N) is 1. The Kier molecular flexibility index (Phi) is 5.14. The monoisotopic (exact) mass is 320 g/mol. The van der Waals surface area contributed by atoms with Crippen molar-refractivity contribution in [3.8, 4) is 0 Å². The van der Waals surface area contributed by atoms with Gasteiger partial charge in [-0.1, -0.05) is 60.1 Å². The van der Waals surface area contributed by atoms with Crippen molar-refractivity contribution in [3.63, 3.8) is 0 Å². The summed E-state index contributed by atoms with van der Waals surface area (Å²) in [6.45, 7) is 0. The Hall–Kier alpha value is -2.11. The number of allylic oxidation sites excluding steroid dienone is 1. The summed E-state index contributed by atoms with van der Waals surface area (Å²) < 4.78 is 23.8. The average molecular weight is 321 g/mol. The van der Waals surface area contributed by atoms with Crippen molar-refractivity contribution in [2.45, 2.75) is 4.90 Å². The van der Waals surface area contributed by atoms with Crippen LogP contribution in [0.25, 0.3) is 6.08 Å². The summed E-state index contributed by atoms with van der Waals surface area (Å²) >= 11 is 5.97. The van der Waals surface area contributed by atoms with Crippen LogP contribution < -0.4 is 4.83 Å². The van der Waals surface area contributed by atoms with Crippen LogP contribution in [0.5, 0.6) is 0 Å². The molecule has 0 amide bonds. The SMILES string of the molecule is O=S(=O)(N/N=C\C(Cl)=C/c1ccccc1)c1ccccc1. The van der Waals surface area contributed by atoms with Crippen molar-refractivity contribution in [3.05, 3.63) is 71.3 Å². The second-order valence-electron chi connectivity index (χ2n) is 4.11. The third-order valence-corrected chi connectivity index (χ3v) is 3.96. The number of hydrogen-bond acceptors (Lipinski definition) is 3. The summed E-state index contributed by atoms with van der Waals surface area (Å²) in [7, 11) is -3.66. The summed E-state index contributed by atoms with van der Waals surface area (Å²) in [5.41, 5.74) is 0.903. The molecule has 6 heteroatoms. The molecule has 0 saturated heterocycles. The van der Waals surface area contributed by atoms with Crippen LogP contribution in [-0.2, 0) is 10.0 Å². The molecule has 2 rings (SSSR count). The maximum Gasteiger partial charge on any atom is 0.276 e. The van der Waals surface area contributed by atoms with E-state index in [1.165, 1.54) is 18.3 Å². The number of rotatable bonds is 5. The predicted octanol–water partition coefficient (Wildman–Crippen LogP) is 3.23. The largest absolute Gasteiger partial charge is 0.276 e. The first-order chi connectivity index (χ1) is 10.1. The van der Waals surface area contributed by atoms with E-state index < -0.39 is 10.0 Å². The Bertz CT molecular complexity index is 742. The molecule has 0 aliphatic carbocycles. The Morgan fingerprint density at radius 2 is 1.57 bits per heavy atom. The van der Waals surface area contributed by atoms with Crippen molar-refractivity contribution in [1.29, 1.82) is 0 Å². The zero-order valence-corrected chi connectivity index (χ0v) is 12.6. The van der Waals surface area contributed by atoms with Gasteiger partial charge in [0.05, 0.1) is 16.1 Å². The topological polar surface area (TPSA) is 58.5 Å². The zero-order chi connectivity index (χ0) is 15.1. The zero-order valence-electron chi connectivity index (χ0n) is 11.0. The molecule has 4 nitrogen and oxygen atoms in total. The van der Waals surface area contributed by atoms with Crippen molar-refractivity contribution < 1.29 is 8.42 Å². The second-order valence-corrected chi connectivity index (χ2v) is 6.20.